The van der Waals surface area contributed by atoms with E-state index in [0.717, 1.165) is 6.42 Å². The van der Waals surface area contributed by atoms with E-state index in [2.05, 4.69) is 52.6 Å². The molecule has 0 aromatic rings. The minimum Gasteiger partial charge on any atom is -0.459 e. The number of carbonyl (C=O) groups is 2. The average molecular weight is 302 g/mol. The summed E-state index contributed by atoms with van der Waals surface area (Å²) in [7, 11) is 0. The van der Waals surface area contributed by atoms with Crippen molar-refractivity contribution in [3.8, 4) is 0 Å². The van der Waals surface area contributed by atoms with Crippen LogP contribution in [0.4, 0.5) is 4.79 Å². The first-order valence-electron chi connectivity index (χ1n) is 6.40. The summed E-state index contributed by atoms with van der Waals surface area (Å²) in [5.41, 5.74) is 0.468. The molecule has 2 aliphatic rings. The van der Waals surface area contributed by atoms with E-state index in [1.54, 1.807) is 0 Å². The number of thiol groups is 2. The summed E-state index contributed by atoms with van der Waals surface area (Å²) < 4.78 is 5.03. The van der Waals surface area contributed by atoms with Crippen molar-refractivity contribution in [3.63, 3.8) is 0 Å². The Labute approximate surface area is 126 Å². The fraction of sp³-hybridized carbons (Fsp3) is 0.714. The lowest BCUT2D eigenvalue weighted by atomic mass is 9.70. The predicted octanol–water partition coefficient (Wildman–Crippen LogP) is 3.90. The Hall–Kier alpha value is -0.420. The first kappa shape index (κ1) is 16.6. The van der Waals surface area contributed by atoms with Crippen molar-refractivity contribution < 1.29 is 14.3 Å². The SMILES string of the molecule is C=CC(=O)OC1CC2CCC1(C)C2(C)C.O=C(S)S. The van der Waals surface area contributed by atoms with Crippen molar-refractivity contribution in [3.05, 3.63) is 12.7 Å². The van der Waals surface area contributed by atoms with Crippen LogP contribution in [0.15, 0.2) is 12.7 Å². The van der Waals surface area contributed by atoms with Gasteiger partial charge in [-0.05, 0) is 30.6 Å². The van der Waals surface area contributed by atoms with Crippen LogP contribution in [0.2, 0.25) is 0 Å². The molecule has 108 valence electrons. The van der Waals surface area contributed by atoms with Gasteiger partial charge >= 0.3 is 5.97 Å². The molecule has 2 fully saturated rings. The van der Waals surface area contributed by atoms with Crippen LogP contribution in [0, 0.1) is 16.7 Å². The molecule has 0 aliphatic heterocycles. The van der Waals surface area contributed by atoms with Crippen molar-refractivity contribution in [2.45, 2.75) is 46.1 Å². The molecule has 19 heavy (non-hydrogen) atoms. The third-order valence-electron chi connectivity index (χ3n) is 5.14. The molecule has 0 spiro atoms. The summed E-state index contributed by atoms with van der Waals surface area (Å²) in [6.45, 7) is 10.3. The van der Waals surface area contributed by atoms with Gasteiger partial charge in [0.25, 0.3) is 0 Å². The highest BCUT2D eigenvalue weighted by molar-refractivity contribution is 8.23. The number of hydrogen-bond acceptors (Lipinski definition) is 3. The van der Waals surface area contributed by atoms with Gasteiger partial charge in [-0.2, -0.15) is 0 Å². The zero-order chi connectivity index (χ0) is 14.8. The van der Waals surface area contributed by atoms with Crippen molar-refractivity contribution in [2.75, 3.05) is 0 Å². The van der Waals surface area contributed by atoms with Gasteiger partial charge in [-0.3, -0.25) is 4.79 Å². The summed E-state index contributed by atoms with van der Waals surface area (Å²) in [4.78, 5) is 20.4. The molecule has 3 unspecified atom stereocenters. The number of esters is 1. The highest BCUT2D eigenvalue weighted by Gasteiger charge is 2.62. The smallest absolute Gasteiger partial charge is 0.330 e. The zero-order valence-corrected chi connectivity index (χ0v) is 13.5. The maximum absolute atomic E-state index is 11.3. The molecule has 0 aromatic carbocycles. The number of fused-ring (bicyclic) bond motifs is 2. The molecular weight excluding hydrogens is 280 g/mol. The fourth-order valence-corrected chi connectivity index (χ4v) is 3.50. The first-order valence-corrected chi connectivity index (χ1v) is 7.29. The minimum absolute atomic E-state index is 0.0942. The molecule has 2 saturated carbocycles. The van der Waals surface area contributed by atoms with Crippen LogP contribution in [-0.2, 0) is 9.53 Å². The van der Waals surface area contributed by atoms with E-state index in [0.29, 0.717) is 11.3 Å². The van der Waals surface area contributed by atoms with Crippen LogP contribution in [-0.4, -0.2) is 16.5 Å². The summed E-state index contributed by atoms with van der Waals surface area (Å²) in [6, 6.07) is 0. The lowest BCUT2D eigenvalue weighted by Gasteiger charge is -2.38. The van der Waals surface area contributed by atoms with Crippen LogP contribution < -0.4 is 0 Å². The maximum atomic E-state index is 11.3. The lowest BCUT2D eigenvalue weighted by molar-refractivity contribution is -0.150. The van der Waals surface area contributed by atoms with Crippen molar-refractivity contribution in [2.24, 2.45) is 16.7 Å². The van der Waals surface area contributed by atoms with Gasteiger partial charge in [0.1, 0.15) is 6.10 Å². The van der Waals surface area contributed by atoms with E-state index in [4.69, 9.17) is 4.74 Å². The summed E-state index contributed by atoms with van der Waals surface area (Å²) in [5.74, 6) is 0.440. The van der Waals surface area contributed by atoms with Crippen LogP contribution in [0.5, 0.6) is 0 Å². The molecule has 3 atom stereocenters. The lowest BCUT2D eigenvalue weighted by Crippen LogP contribution is -2.38. The quantitative estimate of drug-likeness (QED) is 0.462. The molecular formula is C14H22O3S2. The maximum Gasteiger partial charge on any atom is 0.330 e. The molecule has 5 heteroatoms. The summed E-state index contributed by atoms with van der Waals surface area (Å²) >= 11 is 6.38. The summed E-state index contributed by atoms with van der Waals surface area (Å²) in [5, 5.41) is 0. The molecule has 0 saturated heterocycles. The molecule has 3 nitrogen and oxygen atoms in total. The van der Waals surface area contributed by atoms with Crippen molar-refractivity contribution >= 4 is 35.7 Å². The van der Waals surface area contributed by atoms with Gasteiger partial charge in [0.2, 0.25) is 4.45 Å². The summed E-state index contributed by atoms with van der Waals surface area (Å²) in [6.07, 6.45) is 4.85. The number of ether oxygens (including phenoxy) is 1. The van der Waals surface area contributed by atoms with Gasteiger partial charge < -0.3 is 4.74 Å². The van der Waals surface area contributed by atoms with E-state index in [9.17, 15) is 9.59 Å². The minimum atomic E-state index is -0.444. The second-order valence-corrected chi connectivity index (χ2v) is 7.19. The molecule has 0 radical (unpaired) electrons. The van der Waals surface area contributed by atoms with Crippen molar-refractivity contribution in [1.82, 2.24) is 0 Å². The monoisotopic (exact) mass is 302 g/mol. The Morgan fingerprint density at radius 3 is 2.16 bits per heavy atom. The second-order valence-electron chi connectivity index (χ2n) is 6.02. The highest BCUT2D eigenvalue weighted by Crippen LogP contribution is 2.66. The third-order valence-corrected chi connectivity index (χ3v) is 5.14. The van der Waals surface area contributed by atoms with E-state index >= 15 is 0 Å². The molecule has 0 heterocycles. The Bertz CT molecular complexity index is 388. The Kier molecular flexibility index (Phi) is 5.18. The van der Waals surface area contributed by atoms with Gasteiger partial charge in [0.15, 0.2) is 0 Å². The van der Waals surface area contributed by atoms with Crippen LogP contribution >= 0.6 is 25.3 Å². The molecule has 2 aliphatic carbocycles. The van der Waals surface area contributed by atoms with Crippen LogP contribution in [0.3, 0.4) is 0 Å². The average Bonchev–Trinajstić information content (AvgIpc) is 2.61. The number of hydrogen-bond donors (Lipinski definition) is 2. The van der Waals surface area contributed by atoms with Crippen LogP contribution in [0.25, 0.3) is 0 Å². The van der Waals surface area contributed by atoms with E-state index in [1.165, 1.54) is 18.9 Å². The zero-order valence-electron chi connectivity index (χ0n) is 11.7. The van der Waals surface area contributed by atoms with Crippen LogP contribution in [0.1, 0.15) is 40.0 Å². The fourth-order valence-electron chi connectivity index (χ4n) is 3.50. The second kappa shape index (κ2) is 5.92. The molecule has 0 N–H and O–H groups in total. The van der Waals surface area contributed by atoms with E-state index < -0.39 is 4.45 Å². The first-order chi connectivity index (χ1) is 8.65. The molecule has 2 bridgehead atoms. The standard InChI is InChI=1S/C13H20O2.CH2OS2/c1-5-11(14)15-10-8-9-6-7-13(10,4)12(9,2)3;2-1(3)4/h5,9-10H,1,6-8H2,2-4H3;(H2,2,3,4). The Morgan fingerprint density at radius 2 is 1.84 bits per heavy atom. The van der Waals surface area contributed by atoms with Crippen molar-refractivity contribution in [1.29, 1.82) is 0 Å². The largest absolute Gasteiger partial charge is 0.459 e. The molecule has 2 rings (SSSR count). The number of carbonyl (C=O) groups excluding carboxylic acids is 2. The Balaban J connectivity index is 0.000000399. The molecule has 0 aromatic heterocycles. The predicted molar refractivity (Wildman–Crippen MR) is 82.7 cm³/mol. The van der Waals surface area contributed by atoms with Gasteiger partial charge in [-0.15, -0.1) is 0 Å². The third kappa shape index (κ3) is 3.19. The number of rotatable bonds is 2. The highest BCUT2D eigenvalue weighted by atomic mass is 32.2. The van der Waals surface area contributed by atoms with E-state index in [1.807, 2.05) is 0 Å². The van der Waals surface area contributed by atoms with Gasteiger partial charge in [-0.1, -0.05) is 52.6 Å². The van der Waals surface area contributed by atoms with E-state index in [-0.39, 0.29) is 17.5 Å². The van der Waals surface area contributed by atoms with Gasteiger partial charge in [0.05, 0.1) is 0 Å². The van der Waals surface area contributed by atoms with Gasteiger partial charge in [-0.25, -0.2) is 4.79 Å². The normalized spacial score (nSPS) is 34.2. The Morgan fingerprint density at radius 1 is 1.32 bits per heavy atom. The topological polar surface area (TPSA) is 43.4 Å². The molecule has 0 amide bonds. The van der Waals surface area contributed by atoms with Gasteiger partial charge in [0, 0.05) is 11.5 Å².